The maximum absolute atomic E-state index is 9.86. The Labute approximate surface area is 92.5 Å². The van der Waals surface area contributed by atoms with Crippen LogP contribution in [0.1, 0.15) is 18.9 Å². The zero-order valence-electron chi connectivity index (χ0n) is 8.15. The fraction of sp³-hybridized carbons (Fsp3) is 0.545. The van der Waals surface area contributed by atoms with Crippen LogP contribution in [0.3, 0.4) is 0 Å². The standard InChI is InChI=1S/C11H14BrNO/c1-7-2-10(7)11(14)4-8-3-9(12)6-13-5-8/h3,5-7,10-11,14H,2,4H2,1H3. The van der Waals surface area contributed by atoms with E-state index in [-0.39, 0.29) is 6.10 Å². The van der Waals surface area contributed by atoms with E-state index in [4.69, 9.17) is 0 Å². The van der Waals surface area contributed by atoms with Gasteiger partial charge in [-0.3, -0.25) is 4.98 Å². The minimum atomic E-state index is -0.193. The minimum Gasteiger partial charge on any atom is -0.392 e. The van der Waals surface area contributed by atoms with E-state index in [1.54, 1.807) is 6.20 Å². The average Bonchev–Trinajstić information content (AvgIpc) is 2.82. The molecule has 1 saturated carbocycles. The summed E-state index contributed by atoms with van der Waals surface area (Å²) in [5.41, 5.74) is 1.10. The summed E-state index contributed by atoms with van der Waals surface area (Å²) in [6, 6.07) is 2.02. The number of hydrogen-bond acceptors (Lipinski definition) is 2. The lowest BCUT2D eigenvalue weighted by molar-refractivity contribution is 0.146. The summed E-state index contributed by atoms with van der Waals surface area (Å²) in [5.74, 6) is 1.21. The highest BCUT2D eigenvalue weighted by atomic mass is 79.9. The monoisotopic (exact) mass is 255 g/mol. The van der Waals surface area contributed by atoms with Crippen molar-refractivity contribution in [3.63, 3.8) is 0 Å². The number of aliphatic hydroxyl groups excluding tert-OH is 1. The third-order valence-electron chi connectivity index (χ3n) is 2.87. The Bertz CT molecular complexity index is 329. The summed E-state index contributed by atoms with van der Waals surface area (Å²) in [4.78, 5) is 4.08. The van der Waals surface area contributed by atoms with E-state index in [2.05, 4.69) is 27.8 Å². The summed E-state index contributed by atoms with van der Waals surface area (Å²) < 4.78 is 0.978. The van der Waals surface area contributed by atoms with Gasteiger partial charge in [0.25, 0.3) is 0 Å². The van der Waals surface area contributed by atoms with E-state index in [1.165, 1.54) is 6.42 Å². The van der Waals surface area contributed by atoms with E-state index in [0.29, 0.717) is 11.8 Å². The van der Waals surface area contributed by atoms with Crippen molar-refractivity contribution in [2.24, 2.45) is 11.8 Å². The van der Waals surface area contributed by atoms with Gasteiger partial charge in [-0.05, 0) is 45.8 Å². The molecule has 3 heteroatoms. The normalized spacial score (nSPS) is 27.4. The van der Waals surface area contributed by atoms with Gasteiger partial charge in [0.15, 0.2) is 0 Å². The Morgan fingerprint density at radius 2 is 2.36 bits per heavy atom. The second-order valence-electron chi connectivity index (χ2n) is 4.16. The lowest BCUT2D eigenvalue weighted by Gasteiger charge is -2.09. The summed E-state index contributed by atoms with van der Waals surface area (Å²) in [6.45, 7) is 2.19. The van der Waals surface area contributed by atoms with Crippen molar-refractivity contribution in [2.45, 2.75) is 25.9 Å². The van der Waals surface area contributed by atoms with Gasteiger partial charge < -0.3 is 5.11 Å². The molecule has 3 atom stereocenters. The van der Waals surface area contributed by atoms with Crippen LogP contribution in [0.2, 0.25) is 0 Å². The highest BCUT2D eigenvalue weighted by Gasteiger charge is 2.38. The molecule has 1 aromatic heterocycles. The van der Waals surface area contributed by atoms with Crippen molar-refractivity contribution < 1.29 is 5.11 Å². The van der Waals surface area contributed by atoms with Crippen LogP contribution < -0.4 is 0 Å². The average molecular weight is 256 g/mol. The van der Waals surface area contributed by atoms with Crippen LogP contribution in [0.5, 0.6) is 0 Å². The highest BCUT2D eigenvalue weighted by molar-refractivity contribution is 9.10. The Kier molecular flexibility index (Phi) is 2.88. The predicted molar refractivity (Wildman–Crippen MR) is 58.9 cm³/mol. The van der Waals surface area contributed by atoms with Gasteiger partial charge in [-0.15, -0.1) is 0 Å². The molecule has 0 saturated heterocycles. The number of halogens is 1. The Balaban J connectivity index is 1.96. The number of pyridine rings is 1. The summed E-state index contributed by atoms with van der Waals surface area (Å²) in [6.07, 6.45) is 5.28. The van der Waals surface area contributed by atoms with Gasteiger partial charge in [0.2, 0.25) is 0 Å². The van der Waals surface area contributed by atoms with Crippen LogP contribution in [0.4, 0.5) is 0 Å². The predicted octanol–water partition coefficient (Wildman–Crippen LogP) is 2.40. The molecule has 0 radical (unpaired) electrons. The molecule has 1 N–H and O–H groups in total. The molecule has 0 amide bonds. The molecular formula is C11H14BrNO. The van der Waals surface area contributed by atoms with Crippen LogP contribution in [-0.4, -0.2) is 16.2 Å². The fourth-order valence-electron chi connectivity index (χ4n) is 1.85. The van der Waals surface area contributed by atoms with Gasteiger partial charge in [0.05, 0.1) is 6.10 Å². The molecule has 14 heavy (non-hydrogen) atoms. The van der Waals surface area contributed by atoms with Crippen LogP contribution in [0, 0.1) is 11.8 Å². The molecule has 1 fully saturated rings. The fourth-order valence-corrected chi connectivity index (χ4v) is 2.26. The van der Waals surface area contributed by atoms with Gasteiger partial charge in [-0.1, -0.05) is 6.92 Å². The lowest BCUT2D eigenvalue weighted by atomic mass is 10.1. The SMILES string of the molecule is CC1CC1C(O)Cc1cncc(Br)c1. The van der Waals surface area contributed by atoms with E-state index >= 15 is 0 Å². The molecule has 1 heterocycles. The number of aliphatic hydroxyl groups is 1. The summed E-state index contributed by atoms with van der Waals surface area (Å²) in [5, 5.41) is 9.86. The maximum Gasteiger partial charge on any atom is 0.0611 e. The highest BCUT2D eigenvalue weighted by Crippen LogP contribution is 2.41. The van der Waals surface area contributed by atoms with E-state index in [0.717, 1.165) is 16.5 Å². The molecular weight excluding hydrogens is 242 g/mol. The lowest BCUT2D eigenvalue weighted by Crippen LogP contribution is -2.14. The molecule has 2 rings (SSSR count). The Hall–Kier alpha value is -0.410. The van der Waals surface area contributed by atoms with Crippen molar-refractivity contribution in [2.75, 3.05) is 0 Å². The third kappa shape index (κ3) is 2.34. The van der Waals surface area contributed by atoms with Crippen molar-refractivity contribution in [3.8, 4) is 0 Å². The Morgan fingerprint density at radius 1 is 1.64 bits per heavy atom. The quantitative estimate of drug-likeness (QED) is 0.900. The number of rotatable bonds is 3. The van der Waals surface area contributed by atoms with E-state index < -0.39 is 0 Å². The van der Waals surface area contributed by atoms with Gasteiger partial charge in [-0.25, -0.2) is 0 Å². The first-order valence-corrected chi connectivity index (χ1v) is 5.73. The molecule has 0 aliphatic heterocycles. The van der Waals surface area contributed by atoms with Gasteiger partial charge in [0, 0.05) is 23.3 Å². The van der Waals surface area contributed by atoms with Crippen LogP contribution in [-0.2, 0) is 6.42 Å². The second kappa shape index (κ2) is 3.99. The van der Waals surface area contributed by atoms with Gasteiger partial charge in [-0.2, -0.15) is 0 Å². The second-order valence-corrected chi connectivity index (χ2v) is 5.08. The molecule has 2 nitrogen and oxygen atoms in total. The molecule has 1 aliphatic carbocycles. The molecule has 3 unspecified atom stereocenters. The topological polar surface area (TPSA) is 33.1 Å². The number of aromatic nitrogens is 1. The third-order valence-corrected chi connectivity index (χ3v) is 3.31. The van der Waals surface area contributed by atoms with Crippen molar-refractivity contribution in [1.82, 2.24) is 4.98 Å². The van der Waals surface area contributed by atoms with E-state index in [9.17, 15) is 5.11 Å². The number of nitrogens with zero attached hydrogens (tertiary/aromatic N) is 1. The zero-order chi connectivity index (χ0) is 10.1. The van der Waals surface area contributed by atoms with Crippen molar-refractivity contribution in [1.29, 1.82) is 0 Å². The van der Waals surface area contributed by atoms with Gasteiger partial charge in [0.1, 0.15) is 0 Å². The zero-order valence-corrected chi connectivity index (χ0v) is 9.74. The molecule has 1 aliphatic rings. The molecule has 1 aromatic rings. The van der Waals surface area contributed by atoms with Crippen LogP contribution in [0.15, 0.2) is 22.9 Å². The summed E-state index contributed by atoms with van der Waals surface area (Å²) >= 11 is 3.37. The maximum atomic E-state index is 9.86. The smallest absolute Gasteiger partial charge is 0.0611 e. The first-order chi connectivity index (χ1) is 6.66. The molecule has 76 valence electrons. The first kappa shape index (κ1) is 10.1. The Morgan fingerprint density at radius 3 is 2.93 bits per heavy atom. The van der Waals surface area contributed by atoms with Gasteiger partial charge >= 0.3 is 0 Å². The van der Waals surface area contributed by atoms with Crippen molar-refractivity contribution in [3.05, 3.63) is 28.5 Å². The summed E-state index contributed by atoms with van der Waals surface area (Å²) in [7, 11) is 0. The largest absolute Gasteiger partial charge is 0.392 e. The van der Waals surface area contributed by atoms with Crippen LogP contribution >= 0.6 is 15.9 Å². The molecule has 0 spiro atoms. The van der Waals surface area contributed by atoms with E-state index in [1.807, 2.05) is 12.3 Å². The molecule has 0 bridgehead atoms. The number of hydrogen-bond donors (Lipinski definition) is 1. The van der Waals surface area contributed by atoms with Crippen LogP contribution in [0.25, 0.3) is 0 Å². The minimum absolute atomic E-state index is 0.193. The first-order valence-electron chi connectivity index (χ1n) is 4.94. The molecule has 0 aromatic carbocycles. The van der Waals surface area contributed by atoms with Crippen molar-refractivity contribution >= 4 is 15.9 Å².